The number of nitrogens with one attached hydrogen (secondary N) is 2. The summed E-state index contributed by atoms with van der Waals surface area (Å²) in [7, 11) is 0. The summed E-state index contributed by atoms with van der Waals surface area (Å²) in [6, 6.07) is 6.33. The minimum Gasteiger partial charge on any atom is -0.312 e. The fraction of sp³-hybridized carbons (Fsp3) is 0.364. The van der Waals surface area contributed by atoms with Crippen LogP contribution in [0.1, 0.15) is 23.6 Å². The second-order valence-corrected chi connectivity index (χ2v) is 3.54. The third-order valence-electron chi connectivity index (χ3n) is 2.53. The number of hydrogen-bond donors (Lipinski definition) is 2. The second kappa shape index (κ2) is 3.30. The molecule has 2 heteroatoms. The molecule has 2 nitrogen and oxygen atoms in total. The molecule has 0 spiro atoms. The highest BCUT2D eigenvalue weighted by atomic mass is 14.9. The molecular formula is C11H14N2. The van der Waals surface area contributed by atoms with Crippen LogP contribution in [-0.4, -0.2) is 12.3 Å². The molecule has 0 radical (unpaired) electrons. The van der Waals surface area contributed by atoms with Crippen LogP contribution in [0.4, 0.5) is 0 Å². The maximum Gasteiger partial charge on any atom is 0.0355 e. The van der Waals surface area contributed by atoms with Gasteiger partial charge >= 0.3 is 0 Å². The van der Waals surface area contributed by atoms with Crippen LogP contribution in [-0.2, 0) is 13.0 Å². The minimum atomic E-state index is 0.647. The molecule has 1 aromatic rings. The van der Waals surface area contributed by atoms with Crippen molar-refractivity contribution in [3.05, 3.63) is 34.9 Å². The summed E-state index contributed by atoms with van der Waals surface area (Å²) in [6.45, 7) is 3.87. The third kappa shape index (κ3) is 1.63. The number of benzene rings is 1. The van der Waals surface area contributed by atoms with Gasteiger partial charge in [0.1, 0.15) is 0 Å². The molecule has 2 N–H and O–H groups in total. The molecular weight excluding hydrogens is 160 g/mol. The van der Waals surface area contributed by atoms with Crippen molar-refractivity contribution in [2.75, 3.05) is 6.54 Å². The first-order valence-corrected chi connectivity index (χ1v) is 4.65. The van der Waals surface area contributed by atoms with Gasteiger partial charge in [0, 0.05) is 12.3 Å². The van der Waals surface area contributed by atoms with E-state index in [1.807, 2.05) is 13.0 Å². The molecule has 1 aliphatic rings. The lowest BCUT2D eigenvalue weighted by Gasteiger charge is -2.17. The van der Waals surface area contributed by atoms with Crippen LogP contribution in [0, 0.1) is 5.41 Å². The first kappa shape index (κ1) is 8.45. The zero-order chi connectivity index (χ0) is 9.26. The Bertz CT molecular complexity index is 342. The molecule has 0 saturated heterocycles. The zero-order valence-electron chi connectivity index (χ0n) is 7.85. The van der Waals surface area contributed by atoms with Gasteiger partial charge < -0.3 is 10.7 Å². The predicted octanol–water partition coefficient (Wildman–Crippen LogP) is 1.72. The van der Waals surface area contributed by atoms with Gasteiger partial charge in [0.05, 0.1) is 0 Å². The maximum atomic E-state index is 7.53. The van der Waals surface area contributed by atoms with Crippen molar-refractivity contribution in [1.29, 1.82) is 5.41 Å². The quantitative estimate of drug-likeness (QED) is 0.625. The molecule has 0 amide bonds. The van der Waals surface area contributed by atoms with Crippen molar-refractivity contribution in [1.82, 2.24) is 5.32 Å². The van der Waals surface area contributed by atoms with Gasteiger partial charge in [-0.15, -0.1) is 0 Å². The monoisotopic (exact) mass is 174 g/mol. The topological polar surface area (TPSA) is 35.9 Å². The number of rotatable bonds is 1. The Morgan fingerprint density at radius 3 is 3.00 bits per heavy atom. The van der Waals surface area contributed by atoms with Crippen LogP contribution in [0.15, 0.2) is 18.2 Å². The van der Waals surface area contributed by atoms with E-state index in [1.165, 1.54) is 11.1 Å². The lowest BCUT2D eigenvalue weighted by atomic mass is 9.97. The van der Waals surface area contributed by atoms with Crippen molar-refractivity contribution in [3.8, 4) is 0 Å². The van der Waals surface area contributed by atoms with Gasteiger partial charge in [0.25, 0.3) is 0 Å². The average Bonchev–Trinajstić information content (AvgIpc) is 2.17. The highest BCUT2D eigenvalue weighted by Gasteiger charge is 2.08. The van der Waals surface area contributed by atoms with E-state index in [0.717, 1.165) is 25.1 Å². The Kier molecular flexibility index (Phi) is 2.15. The Labute approximate surface area is 78.5 Å². The van der Waals surface area contributed by atoms with Crippen molar-refractivity contribution in [3.63, 3.8) is 0 Å². The summed E-state index contributed by atoms with van der Waals surface area (Å²) < 4.78 is 0. The maximum absolute atomic E-state index is 7.53. The molecule has 13 heavy (non-hydrogen) atoms. The molecule has 0 aliphatic carbocycles. The van der Waals surface area contributed by atoms with Gasteiger partial charge in [-0.05, 0) is 42.6 Å². The predicted molar refractivity (Wildman–Crippen MR) is 54.4 cm³/mol. The van der Waals surface area contributed by atoms with Crippen LogP contribution < -0.4 is 5.32 Å². The summed E-state index contributed by atoms with van der Waals surface area (Å²) >= 11 is 0. The fourth-order valence-electron chi connectivity index (χ4n) is 1.71. The van der Waals surface area contributed by atoms with Crippen molar-refractivity contribution < 1.29 is 0 Å². The molecule has 1 aliphatic heterocycles. The Morgan fingerprint density at radius 2 is 2.23 bits per heavy atom. The Morgan fingerprint density at radius 1 is 1.38 bits per heavy atom. The van der Waals surface area contributed by atoms with Crippen LogP contribution in [0.25, 0.3) is 0 Å². The highest BCUT2D eigenvalue weighted by molar-refractivity contribution is 5.96. The molecule has 0 bridgehead atoms. The molecule has 0 fully saturated rings. The van der Waals surface area contributed by atoms with Gasteiger partial charge in [-0.2, -0.15) is 0 Å². The smallest absolute Gasteiger partial charge is 0.0355 e. The van der Waals surface area contributed by atoms with Crippen molar-refractivity contribution in [2.24, 2.45) is 0 Å². The highest BCUT2D eigenvalue weighted by Crippen LogP contribution is 2.15. The van der Waals surface area contributed by atoms with Crippen LogP contribution >= 0.6 is 0 Å². The van der Waals surface area contributed by atoms with E-state index in [0.29, 0.717) is 5.71 Å². The molecule has 1 heterocycles. The lowest BCUT2D eigenvalue weighted by Crippen LogP contribution is -2.23. The molecule has 2 rings (SSSR count). The van der Waals surface area contributed by atoms with E-state index in [1.54, 1.807) is 0 Å². The minimum absolute atomic E-state index is 0.647. The van der Waals surface area contributed by atoms with E-state index in [2.05, 4.69) is 17.4 Å². The molecule has 0 aromatic heterocycles. The summed E-state index contributed by atoms with van der Waals surface area (Å²) in [5.74, 6) is 0. The van der Waals surface area contributed by atoms with E-state index in [9.17, 15) is 0 Å². The number of hydrogen-bond acceptors (Lipinski definition) is 2. The normalized spacial score (nSPS) is 15.2. The molecule has 68 valence electrons. The van der Waals surface area contributed by atoms with E-state index in [4.69, 9.17) is 5.41 Å². The van der Waals surface area contributed by atoms with Crippen LogP contribution in [0.3, 0.4) is 0 Å². The van der Waals surface area contributed by atoms with Gasteiger partial charge in [-0.25, -0.2) is 0 Å². The van der Waals surface area contributed by atoms with Crippen molar-refractivity contribution in [2.45, 2.75) is 19.9 Å². The Balaban J connectivity index is 2.40. The lowest BCUT2D eigenvalue weighted by molar-refractivity contribution is 0.643. The standard InChI is InChI=1S/C11H14N2/c1-8(12)10-3-2-9-4-5-13-7-11(9)6-10/h2-3,6,12-13H,4-5,7H2,1H3. The second-order valence-electron chi connectivity index (χ2n) is 3.54. The zero-order valence-corrected chi connectivity index (χ0v) is 7.85. The third-order valence-corrected chi connectivity index (χ3v) is 2.53. The number of fused-ring (bicyclic) bond motifs is 1. The fourth-order valence-corrected chi connectivity index (χ4v) is 1.71. The van der Waals surface area contributed by atoms with Gasteiger partial charge in [-0.1, -0.05) is 12.1 Å². The molecule has 0 atom stereocenters. The molecule has 0 saturated carbocycles. The van der Waals surface area contributed by atoms with Gasteiger partial charge in [0.2, 0.25) is 0 Å². The summed E-state index contributed by atoms with van der Waals surface area (Å²) in [6.07, 6.45) is 1.12. The average molecular weight is 174 g/mol. The largest absolute Gasteiger partial charge is 0.312 e. The van der Waals surface area contributed by atoms with Crippen molar-refractivity contribution >= 4 is 5.71 Å². The van der Waals surface area contributed by atoms with Gasteiger partial charge in [0.15, 0.2) is 0 Å². The Hall–Kier alpha value is -1.15. The van der Waals surface area contributed by atoms with E-state index >= 15 is 0 Å². The SMILES string of the molecule is CC(=N)c1ccc2c(c1)CNCC2. The summed E-state index contributed by atoms with van der Waals surface area (Å²) in [5.41, 5.74) is 4.48. The van der Waals surface area contributed by atoms with Crippen LogP contribution in [0.5, 0.6) is 0 Å². The van der Waals surface area contributed by atoms with Gasteiger partial charge in [-0.3, -0.25) is 0 Å². The summed E-state index contributed by atoms with van der Waals surface area (Å²) in [5, 5.41) is 10.9. The molecule has 1 aromatic carbocycles. The van der Waals surface area contributed by atoms with E-state index in [-0.39, 0.29) is 0 Å². The van der Waals surface area contributed by atoms with E-state index < -0.39 is 0 Å². The van der Waals surface area contributed by atoms with Crippen LogP contribution in [0.2, 0.25) is 0 Å². The molecule has 0 unspecified atom stereocenters. The summed E-state index contributed by atoms with van der Waals surface area (Å²) in [4.78, 5) is 0. The first-order valence-electron chi connectivity index (χ1n) is 4.65. The first-order chi connectivity index (χ1) is 6.27.